The highest BCUT2D eigenvalue weighted by molar-refractivity contribution is 4.92. The Morgan fingerprint density at radius 2 is 2.27 bits per heavy atom. The molecule has 0 spiro atoms. The van der Waals surface area contributed by atoms with Crippen LogP contribution in [0.2, 0.25) is 0 Å². The number of ether oxygens (including phenoxy) is 1. The van der Waals surface area contributed by atoms with Crippen LogP contribution in [-0.4, -0.2) is 23.4 Å². The molecule has 0 saturated heterocycles. The summed E-state index contributed by atoms with van der Waals surface area (Å²) in [6, 6.07) is -0.288. The Morgan fingerprint density at radius 3 is 2.93 bits per heavy atom. The average molecular weight is 213 g/mol. The second kappa shape index (κ2) is 6.53. The molecule has 0 aliphatic heterocycles. The fourth-order valence-corrected chi connectivity index (χ4v) is 1.17. The number of nitrogens with zero attached hydrogens (tertiary/aromatic N) is 2. The van der Waals surface area contributed by atoms with Crippen molar-refractivity contribution < 1.29 is 9.26 Å². The van der Waals surface area contributed by atoms with Gasteiger partial charge in [-0.05, 0) is 13.3 Å². The van der Waals surface area contributed by atoms with Crippen molar-refractivity contribution in [1.29, 1.82) is 0 Å². The summed E-state index contributed by atoms with van der Waals surface area (Å²) in [5, 5.41) is 3.83. The molecule has 0 aromatic carbocycles. The first-order valence-corrected chi connectivity index (χ1v) is 5.43. The summed E-state index contributed by atoms with van der Waals surface area (Å²) < 4.78 is 10.3. The minimum atomic E-state index is -0.288. The summed E-state index contributed by atoms with van der Waals surface area (Å²) in [6.45, 7) is 5.13. The largest absolute Gasteiger partial charge is 0.380 e. The van der Waals surface area contributed by atoms with Crippen LogP contribution in [0.15, 0.2) is 4.52 Å². The average Bonchev–Trinajstić information content (AvgIpc) is 2.71. The van der Waals surface area contributed by atoms with Gasteiger partial charge in [-0.2, -0.15) is 4.98 Å². The van der Waals surface area contributed by atoms with Gasteiger partial charge >= 0.3 is 0 Å². The van der Waals surface area contributed by atoms with Crippen LogP contribution in [0.5, 0.6) is 0 Å². The van der Waals surface area contributed by atoms with Crippen LogP contribution in [-0.2, 0) is 11.2 Å². The number of rotatable bonds is 7. The zero-order valence-electron chi connectivity index (χ0n) is 9.40. The second-order valence-electron chi connectivity index (χ2n) is 3.42. The summed E-state index contributed by atoms with van der Waals surface area (Å²) in [5.74, 6) is 1.20. The Hall–Kier alpha value is -0.940. The van der Waals surface area contributed by atoms with Crippen LogP contribution < -0.4 is 5.73 Å². The first kappa shape index (κ1) is 12.1. The first-order chi connectivity index (χ1) is 7.27. The number of nitrogens with two attached hydrogens (primary N) is 1. The lowest BCUT2D eigenvalue weighted by Gasteiger charge is -2.05. The first-order valence-electron chi connectivity index (χ1n) is 5.43. The minimum absolute atomic E-state index is 0.288. The van der Waals surface area contributed by atoms with Crippen LogP contribution in [0.4, 0.5) is 0 Å². The normalized spacial score (nSPS) is 13.0. The summed E-state index contributed by atoms with van der Waals surface area (Å²) in [7, 11) is 0. The van der Waals surface area contributed by atoms with E-state index in [1.807, 2.05) is 6.92 Å². The van der Waals surface area contributed by atoms with E-state index in [2.05, 4.69) is 17.1 Å². The molecule has 15 heavy (non-hydrogen) atoms. The monoisotopic (exact) mass is 213 g/mol. The standard InChI is InChI=1S/C10H19N3O2/c1-3-5-6-9-12-10(13-15-9)8(11)7-14-4-2/h8H,3-7,11H2,1-2H3. The fraction of sp³-hybridized carbons (Fsp3) is 0.800. The Morgan fingerprint density at radius 1 is 1.47 bits per heavy atom. The van der Waals surface area contributed by atoms with Crippen LogP contribution >= 0.6 is 0 Å². The van der Waals surface area contributed by atoms with E-state index in [-0.39, 0.29) is 6.04 Å². The molecule has 1 aromatic heterocycles. The molecule has 1 heterocycles. The smallest absolute Gasteiger partial charge is 0.226 e. The molecule has 1 rings (SSSR count). The highest BCUT2D eigenvalue weighted by Gasteiger charge is 2.13. The summed E-state index contributed by atoms with van der Waals surface area (Å²) in [4.78, 5) is 4.22. The minimum Gasteiger partial charge on any atom is -0.380 e. The van der Waals surface area contributed by atoms with Crippen molar-refractivity contribution in [3.05, 3.63) is 11.7 Å². The van der Waals surface area contributed by atoms with Gasteiger partial charge in [-0.25, -0.2) is 0 Å². The fourth-order valence-electron chi connectivity index (χ4n) is 1.17. The van der Waals surface area contributed by atoms with Crippen molar-refractivity contribution in [1.82, 2.24) is 10.1 Å². The van der Waals surface area contributed by atoms with E-state index in [9.17, 15) is 0 Å². The zero-order valence-corrected chi connectivity index (χ0v) is 9.40. The summed E-state index contributed by atoms with van der Waals surface area (Å²) >= 11 is 0. The van der Waals surface area contributed by atoms with Crippen LogP contribution in [0.3, 0.4) is 0 Å². The van der Waals surface area contributed by atoms with E-state index in [1.54, 1.807) is 0 Å². The molecule has 0 bridgehead atoms. The van der Waals surface area contributed by atoms with Gasteiger partial charge in [-0.15, -0.1) is 0 Å². The van der Waals surface area contributed by atoms with Crippen LogP contribution in [0.1, 0.15) is 44.4 Å². The van der Waals surface area contributed by atoms with Gasteiger partial charge in [-0.1, -0.05) is 18.5 Å². The predicted octanol–water partition coefficient (Wildman–Crippen LogP) is 1.45. The molecule has 5 heteroatoms. The molecule has 0 radical (unpaired) electrons. The third kappa shape index (κ3) is 3.97. The van der Waals surface area contributed by atoms with Crippen molar-refractivity contribution in [3.63, 3.8) is 0 Å². The predicted molar refractivity (Wildman–Crippen MR) is 56.3 cm³/mol. The highest BCUT2D eigenvalue weighted by atomic mass is 16.5. The van der Waals surface area contributed by atoms with Gasteiger partial charge in [0.1, 0.15) is 0 Å². The maximum atomic E-state index is 5.81. The van der Waals surface area contributed by atoms with Crippen molar-refractivity contribution in [2.24, 2.45) is 5.73 Å². The number of hydrogen-bond donors (Lipinski definition) is 1. The number of unbranched alkanes of at least 4 members (excludes halogenated alkanes) is 1. The number of hydrogen-bond acceptors (Lipinski definition) is 5. The van der Waals surface area contributed by atoms with E-state index in [0.717, 1.165) is 19.3 Å². The summed E-state index contributed by atoms with van der Waals surface area (Å²) in [5.41, 5.74) is 5.81. The molecule has 0 amide bonds. The molecule has 5 nitrogen and oxygen atoms in total. The molecule has 0 aliphatic rings. The van der Waals surface area contributed by atoms with Crippen molar-refractivity contribution in [2.45, 2.75) is 39.2 Å². The van der Waals surface area contributed by atoms with Crippen LogP contribution in [0, 0.1) is 0 Å². The zero-order chi connectivity index (χ0) is 11.1. The van der Waals surface area contributed by atoms with E-state index >= 15 is 0 Å². The Balaban J connectivity index is 2.43. The summed E-state index contributed by atoms with van der Waals surface area (Å²) in [6.07, 6.45) is 3.00. The van der Waals surface area contributed by atoms with Gasteiger partial charge in [0.15, 0.2) is 5.82 Å². The van der Waals surface area contributed by atoms with E-state index in [1.165, 1.54) is 0 Å². The van der Waals surface area contributed by atoms with Crippen molar-refractivity contribution in [2.75, 3.05) is 13.2 Å². The molecular weight excluding hydrogens is 194 g/mol. The van der Waals surface area contributed by atoms with Gasteiger partial charge < -0.3 is 15.0 Å². The topological polar surface area (TPSA) is 74.2 Å². The van der Waals surface area contributed by atoms with E-state index in [0.29, 0.717) is 24.9 Å². The lowest BCUT2D eigenvalue weighted by molar-refractivity contribution is 0.130. The molecule has 0 aliphatic carbocycles. The Bertz CT molecular complexity index is 275. The van der Waals surface area contributed by atoms with Gasteiger partial charge in [0.2, 0.25) is 5.89 Å². The molecule has 1 atom stereocenters. The van der Waals surface area contributed by atoms with Gasteiger partial charge in [0.25, 0.3) is 0 Å². The molecule has 2 N–H and O–H groups in total. The molecule has 0 saturated carbocycles. The molecular formula is C10H19N3O2. The molecule has 0 fully saturated rings. The number of aryl methyl sites for hydroxylation is 1. The molecule has 86 valence electrons. The second-order valence-corrected chi connectivity index (χ2v) is 3.42. The third-order valence-corrected chi connectivity index (χ3v) is 2.06. The van der Waals surface area contributed by atoms with Gasteiger partial charge in [-0.3, -0.25) is 0 Å². The number of aromatic nitrogens is 2. The van der Waals surface area contributed by atoms with E-state index < -0.39 is 0 Å². The lowest BCUT2D eigenvalue weighted by atomic mass is 10.2. The highest BCUT2D eigenvalue weighted by Crippen LogP contribution is 2.08. The Kier molecular flexibility index (Phi) is 5.28. The maximum absolute atomic E-state index is 5.81. The SMILES string of the molecule is CCCCc1nc(C(N)COCC)no1. The van der Waals surface area contributed by atoms with Crippen molar-refractivity contribution >= 4 is 0 Å². The lowest BCUT2D eigenvalue weighted by Crippen LogP contribution is -2.18. The van der Waals surface area contributed by atoms with Crippen LogP contribution in [0.25, 0.3) is 0 Å². The quantitative estimate of drug-likeness (QED) is 0.742. The molecule has 1 aromatic rings. The maximum Gasteiger partial charge on any atom is 0.226 e. The van der Waals surface area contributed by atoms with Crippen molar-refractivity contribution in [3.8, 4) is 0 Å². The molecule has 1 unspecified atom stereocenters. The Labute approximate surface area is 90.0 Å². The van der Waals surface area contributed by atoms with Gasteiger partial charge in [0.05, 0.1) is 12.6 Å². The third-order valence-electron chi connectivity index (χ3n) is 2.06. The van der Waals surface area contributed by atoms with E-state index in [4.69, 9.17) is 15.0 Å². The van der Waals surface area contributed by atoms with Gasteiger partial charge in [0, 0.05) is 13.0 Å².